The molecular weight excluding hydrogens is 213 g/mol. The van der Waals surface area contributed by atoms with Crippen LogP contribution in [0.3, 0.4) is 0 Å². The van der Waals surface area contributed by atoms with E-state index in [9.17, 15) is 14.0 Å². The zero-order valence-electron chi connectivity index (χ0n) is 8.44. The molecule has 16 heavy (non-hydrogen) atoms. The van der Waals surface area contributed by atoms with E-state index in [1.807, 2.05) is 0 Å². The summed E-state index contributed by atoms with van der Waals surface area (Å²) in [6, 6.07) is 6.14. The minimum absolute atomic E-state index is 0.0957. The van der Waals surface area contributed by atoms with Gasteiger partial charge in [0, 0.05) is 5.56 Å². The summed E-state index contributed by atoms with van der Waals surface area (Å²) in [5.41, 5.74) is 0.0957. The first-order chi connectivity index (χ1) is 7.60. The Labute approximate surface area is 91.3 Å². The van der Waals surface area contributed by atoms with Gasteiger partial charge in [-0.05, 0) is 24.3 Å². The maximum atomic E-state index is 12.6. The molecule has 0 aliphatic heterocycles. The van der Waals surface area contributed by atoms with Crippen LogP contribution in [0.4, 0.5) is 4.39 Å². The van der Waals surface area contributed by atoms with Crippen LogP contribution in [0.1, 0.15) is 10.4 Å². The molecule has 0 aliphatic carbocycles. The molecule has 0 amide bonds. The minimum atomic E-state index is -1.50. The van der Waals surface area contributed by atoms with Crippen molar-refractivity contribution in [1.29, 1.82) is 5.26 Å². The van der Waals surface area contributed by atoms with Crippen LogP contribution in [0.2, 0.25) is 0 Å². The Bertz CT molecular complexity index is 447. The molecule has 1 rings (SSSR count). The number of Topliss-reactive ketones (excluding diaryl/α,β-unsaturated/α-hetero) is 1. The van der Waals surface area contributed by atoms with Crippen molar-refractivity contribution >= 4 is 11.8 Å². The lowest BCUT2D eigenvalue weighted by Crippen LogP contribution is -2.23. The van der Waals surface area contributed by atoms with Crippen molar-refractivity contribution in [3.63, 3.8) is 0 Å². The number of hydrogen-bond donors (Lipinski definition) is 0. The van der Waals surface area contributed by atoms with Crippen molar-refractivity contribution in [2.45, 2.75) is 0 Å². The fourth-order valence-corrected chi connectivity index (χ4v) is 1.12. The second-order valence-corrected chi connectivity index (χ2v) is 2.96. The molecule has 0 saturated heterocycles. The van der Waals surface area contributed by atoms with Crippen LogP contribution in [0.15, 0.2) is 24.3 Å². The summed E-state index contributed by atoms with van der Waals surface area (Å²) < 4.78 is 16.9. The molecule has 82 valence electrons. The molecule has 0 unspecified atom stereocenters. The van der Waals surface area contributed by atoms with E-state index in [-0.39, 0.29) is 5.56 Å². The number of ether oxygens (including phenoxy) is 1. The quantitative estimate of drug-likeness (QED) is 0.438. The number of carbonyl (C=O) groups excluding carboxylic acids is 2. The van der Waals surface area contributed by atoms with Gasteiger partial charge in [-0.1, -0.05) is 0 Å². The van der Waals surface area contributed by atoms with Gasteiger partial charge in [0.2, 0.25) is 5.92 Å². The third kappa shape index (κ3) is 2.42. The molecule has 1 aromatic carbocycles. The van der Waals surface area contributed by atoms with Gasteiger partial charge in [0.05, 0.1) is 13.2 Å². The fraction of sp³-hybridized carbons (Fsp3) is 0.182. The lowest BCUT2D eigenvalue weighted by molar-refractivity contribution is -0.141. The second-order valence-electron chi connectivity index (χ2n) is 2.96. The summed E-state index contributed by atoms with van der Waals surface area (Å²) in [4.78, 5) is 22.7. The van der Waals surface area contributed by atoms with E-state index < -0.39 is 23.5 Å². The maximum absolute atomic E-state index is 12.6. The number of methoxy groups -OCH3 is 1. The van der Waals surface area contributed by atoms with Gasteiger partial charge in [0.25, 0.3) is 0 Å². The fourth-order valence-electron chi connectivity index (χ4n) is 1.12. The summed E-state index contributed by atoms with van der Waals surface area (Å²) in [5, 5.41) is 8.67. The SMILES string of the molecule is COC(=O)[C@H](C#N)C(=O)c1ccc(F)cc1. The summed E-state index contributed by atoms with van der Waals surface area (Å²) in [7, 11) is 1.09. The van der Waals surface area contributed by atoms with Gasteiger partial charge in [0.15, 0.2) is 5.78 Å². The molecule has 0 N–H and O–H groups in total. The van der Waals surface area contributed by atoms with Crippen molar-refractivity contribution < 1.29 is 18.7 Å². The monoisotopic (exact) mass is 221 g/mol. The van der Waals surface area contributed by atoms with E-state index in [0.29, 0.717) is 0 Å². The van der Waals surface area contributed by atoms with Gasteiger partial charge >= 0.3 is 5.97 Å². The number of nitrogens with zero attached hydrogens (tertiary/aromatic N) is 1. The Hall–Kier alpha value is -2.22. The topological polar surface area (TPSA) is 67.2 Å². The van der Waals surface area contributed by atoms with Crippen molar-refractivity contribution in [1.82, 2.24) is 0 Å². The van der Waals surface area contributed by atoms with E-state index in [0.717, 1.165) is 19.2 Å². The normalized spacial score (nSPS) is 11.3. The Balaban J connectivity index is 2.97. The van der Waals surface area contributed by atoms with E-state index in [1.165, 1.54) is 12.1 Å². The maximum Gasteiger partial charge on any atom is 0.331 e. The zero-order valence-corrected chi connectivity index (χ0v) is 8.44. The first-order valence-corrected chi connectivity index (χ1v) is 4.37. The number of carbonyl (C=O) groups is 2. The molecule has 1 atom stereocenters. The van der Waals surface area contributed by atoms with E-state index >= 15 is 0 Å². The smallest absolute Gasteiger partial charge is 0.331 e. The largest absolute Gasteiger partial charge is 0.468 e. The number of halogens is 1. The standard InChI is InChI=1S/C11H8FNO3/c1-16-11(15)9(6-13)10(14)7-2-4-8(12)5-3-7/h2-5,9H,1H3/t9-/m1/s1. The minimum Gasteiger partial charge on any atom is -0.468 e. The van der Waals surface area contributed by atoms with Crippen LogP contribution < -0.4 is 0 Å². The number of ketones is 1. The highest BCUT2D eigenvalue weighted by molar-refractivity contribution is 6.10. The van der Waals surface area contributed by atoms with Crippen LogP contribution in [-0.4, -0.2) is 18.9 Å². The van der Waals surface area contributed by atoms with Crippen LogP contribution in [0, 0.1) is 23.1 Å². The first kappa shape index (κ1) is 11.9. The third-order valence-electron chi connectivity index (χ3n) is 1.96. The summed E-state index contributed by atoms with van der Waals surface area (Å²) in [5.74, 6) is -3.62. The van der Waals surface area contributed by atoms with Gasteiger partial charge in [-0.25, -0.2) is 4.39 Å². The average Bonchev–Trinajstić information content (AvgIpc) is 2.30. The average molecular weight is 221 g/mol. The van der Waals surface area contributed by atoms with Gasteiger partial charge in [-0.15, -0.1) is 0 Å². The second kappa shape index (κ2) is 5.03. The number of benzene rings is 1. The lowest BCUT2D eigenvalue weighted by atomic mass is 9.99. The number of esters is 1. The molecule has 0 spiro atoms. The van der Waals surface area contributed by atoms with Gasteiger partial charge in [-0.2, -0.15) is 5.26 Å². The van der Waals surface area contributed by atoms with Crippen molar-refractivity contribution in [2.24, 2.45) is 5.92 Å². The third-order valence-corrected chi connectivity index (χ3v) is 1.96. The summed E-state index contributed by atoms with van der Waals surface area (Å²) in [6.07, 6.45) is 0. The lowest BCUT2D eigenvalue weighted by Gasteiger charge is -2.05. The zero-order chi connectivity index (χ0) is 12.1. The summed E-state index contributed by atoms with van der Waals surface area (Å²) in [6.45, 7) is 0. The van der Waals surface area contributed by atoms with Gasteiger partial charge in [-0.3, -0.25) is 9.59 Å². The van der Waals surface area contributed by atoms with Crippen LogP contribution in [0.5, 0.6) is 0 Å². The Morgan fingerprint density at radius 1 is 1.38 bits per heavy atom. The molecule has 5 heteroatoms. The molecule has 0 aromatic heterocycles. The predicted molar refractivity (Wildman–Crippen MR) is 51.8 cm³/mol. The Morgan fingerprint density at radius 2 is 1.94 bits per heavy atom. The molecule has 0 saturated carbocycles. The van der Waals surface area contributed by atoms with E-state index in [4.69, 9.17) is 5.26 Å². The van der Waals surface area contributed by atoms with Crippen molar-refractivity contribution in [2.75, 3.05) is 7.11 Å². The van der Waals surface area contributed by atoms with Gasteiger partial charge < -0.3 is 4.74 Å². The van der Waals surface area contributed by atoms with Crippen LogP contribution in [0.25, 0.3) is 0 Å². The van der Waals surface area contributed by atoms with Gasteiger partial charge in [0.1, 0.15) is 5.82 Å². The molecule has 0 bridgehead atoms. The number of hydrogen-bond acceptors (Lipinski definition) is 4. The highest BCUT2D eigenvalue weighted by Gasteiger charge is 2.28. The van der Waals surface area contributed by atoms with Crippen molar-refractivity contribution in [3.8, 4) is 6.07 Å². The van der Waals surface area contributed by atoms with Crippen LogP contribution in [-0.2, 0) is 9.53 Å². The molecule has 0 heterocycles. The number of nitriles is 1. The number of rotatable bonds is 3. The van der Waals surface area contributed by atoms with Crippen LogP contribution >= 0.6 is 0 Å². The van der Waals surface area contributed by atoms with Crippen molar-refractivity contribution in [3.05, 3.63) is 35.6 Å². The Kier molecular flexibility index (Phi) is 3.72. The molecular formula is C11H8FNO3. The summed E-state index contributed by atoms with van der Waals surface area (Å²) >= 11 is 0. The molecule has 4 nitrogen and oxygen atoms in total. The highest BCUT2D eigenvalue weighted by Crippen LogP contribution is 2.11. The Morgan fingerprint density at radius 3 is 2.38 bits per heavy atom. The molecule has 0 aliphatic rings. The highest BCUT2D eigenvalue weighted by atomic mass is 19.1. The molecule has 0 fully saturated rings. The predicted octanol–water partition coefficient (Wildman–Crippen LogP) is 1.32. The molecule has 0 radical (unpaired) electrons. The molecule has 1 aromatic rings. The van der Waals surface area contributed by atoms with E-state index in [2.05, 4.69) is 4.74 Å². The van der Waals surface area contributed by atoms with E-state index in [1.54, 1.807) is 6.07 Å². The first-order valence-electron chi connectivity index (χ1n) is 4.37.